The van der Waals surface area contributed by atoms with E-state index in [0.717, 1.165) is 28.3 Å². The summed E-state index contributed by atoms with van der Waals surface area (Å²) < 4.78 is 1.95. The number of hydrogen-bond donors (Lipinski definition) is 2. The first-order valence-corrected chi connectivity index (χ1v) is 11.2. The highest BCUT2D eigenvalue weighted by Crippen LogP contribution is 2.20. The molecular formula is C23H27N5O2S. The number of benzene rings is 2. The number of anilines is 2. The molecule has 0 unspecified atom stereocenters. The first-order valence-electron chi connectivity index (χ1n) is 10.2. The normalized spacial score (nSPS) is 10.7. The largest absolute Gasteiger partial charge is 0.326 e. The summed E-state index contributed by atoms with van der Waals surface area (Å²) in [6.45, 7) is 6.64. The van der Waals surface area contributed by atoms with Crippen molar-refractivity contribution in [2.24, 2.45) is 0 Å². The summed E-state index contributed by atoms with van der Waals surface area (Å²) >= 11 is 1.34. The van der Waals surface area contributed by atoms with Crippen LogP contribution in [0.25, 0.3) is 0 Å². The number of para-hydroxylation sites is 1. The molecule has 2 amide bonds. The predicted octanol–water partition coefficient (Wildman–Crippen LogP) is 4.22. The first kappa shape index (κ1) is 22.6. The van der Waals surface area contributed by atoms with Crippen molar-refractivity contribution in [3.8, 4) is 0 Å². The summed E-state index contributed by atoms with van der Waals surface area (Å²) in [5.74, 6) is 0.817. The van der Waals surface area contributed by atoms with Gasteiger partial charge in [-0.05, 0) is 50.1 Å². The molecule has 7 nitrogen and oxygen atoms in total. The van der Waals surface area contributed by atoms with Gasteiger partial charge in [-0.15, -0.1) is 10.2 Å². The maximum Gasteiger partial charge on any atom is 0.234 e. The lowest BCUT2D eigenvalue weighted by Gasteiger charge is -2.10. The zero-order valence-corrected chi connectivity index (χ0v) is 18.8. The van der Waals surface area contributed by atoms with Crippen molar-refractivity contribution in [3.63, 3.8) is 0 Å². The molecule has 0 aliphatic rings. The highest BCUT2D eigenvalue weighted by molar-refractivity contribution is 7.99. The molecule has 1 heterocycles. The number of carbonyl (C=O) groups is 2. The highest BCUT2D eigenvalue weighted by atomic mass is 32.2. The number of nitrogens with zero attached hydrogens (tertiary/aromatic N) is 3. The third kappa shape index (κ3) is 6.42. The van der Waals surface area contributed by atoms with Crippen LogP contribution < -0.4 is 10.6 Å². The van der Waals surface area contributed by atoms with E-state index in [2.05, 4.69) is 20.8 Å². The second-order valence-corrected chi connectivity index (χ2v) is 8.15. The molecule has 31 heavy (non-hydrogen) atoms. The summed E-state index contributed by atoms with van der Waals surface area (Å²) in [5, 5.41) is 15.0. The number of nitrogens with one attached hydrogen (secondary N) is 2. The van der Waals surface area contributed by atoms with Crippen LogP contribution in [0.3, 0.4) is 0 Å². The Morgan fingerprint density at radius 2 is 1.77 bits per heavy atom. The summed E-state index contributed by atoms with van der Waals surface area (Å²) in [4.78, 5) is 24.6. The van der Waals surface area contributed by atoms with Gasteiger partial charge in [0.2, 0.25) is 11.8 Å². The molecule has 0 fully saturated rings. The Balaban J connectivity index is 1.54. The van der Waals surface area contributed by atoms with Crippen LogP contribution in [0.15, 0.2) is 53.7 Å². The number of thioether (sulfide) groups is 1. The Kier molecular flexibility index (Phi) is 7.83. The van der Waals surface area contributed by atoms with E-state index in [9.17, 15) is 9.59 Å². The molecule has 3 rings (SSSR count). The van der Waals surface area contributed by atoms with Crippen LogP contribution in [0.2, 0.25) is 0 Å². The minimum absolute atomic E-state index is 0.0594. The standard InChI is InChI=1S/C23H27N5O2S/c1-4-28-20(12-13-21(29)25-19-14-16(2)10-11-17(19)3)26-27-23(28)31-15-22(30)24-18-8-6-5-7-9-18/h5-11,14H,4,12-13,15H2,1-3H3,(H,24,30)(H,25,29). The fourth-order valence-electron chi connectivity index (χ4n) is 3.09. The van der Waals surface area contributed by atoms with Crippen LogP contribution in [0, 0.1) is 13.8 Å². The Labute approximate surface area is 186 Å². The van der Waals surface area contributed by atoms with Crippen LogP contribution in [0.5, 0.6) is 0 Å². The van der Waals surface area contributed by atoms with E-state index < -0.39 is 0 Å². The van der Waals surface area contributed by atoms with Gasteiger partial charge in [-0.2, -0.15) is 0 Å². The van der Waals surface area contributed by atoms with Crippen LogP contribution in [-0.4, -0.2) is 32.3 Å². The van der Waals surface area contributed by atoms with E-state index in [0.29, 0.717) is 24.5 Å². The highest BCUT2D eigenvalue weighted by Gasteiger charge is 2.15. The average Bonchev–Trinajstić information content (AvgIpc) is 3.16. The topological polar surface area (TPSA) is 88.9 Å². The van der Waals surface area contributed by atoms with Gasteiger partial charge in [0, 0.05) is 30.8 Å². The van der Waals surface area contributed by atoms with Crippen molar-refractivity contribution in [3.05, 3.63) is 65.5 Å². The SMILES string of the molecule is CCn1c(CCC(=O)Nc2cc(C)ccc2C)nnc1SCC(=O)Nc1ccccc1. The maximum atomic E-state index is 12.4. The lowest BCUT2D eigenvalue weighted by molar-refractivity contribution is -0.116. The molecule has 3 aromatic rings. The number of aryl methyl sites for hydroxylation is 3. The summed E-state index contributed by atoms with van der Waals surface area (Å²) in [5.41, 5.74) is 3.73. The fraction of sp³-hybridized carbons (Fsp3) is 0.304. The lowest BCUT2D eigenvalue weighted by Crippen LogP contribution is -2.15. The van der Waals surface area contributed by atoms with Gasteiger partial charge in [0.25, 0.3) is 0 Å². The Morgan fingerprint density at radius 3 is 2.52 bits per heavy atom. The van der Waals surface area contributed by atoms with Gasteiger partial charge in [0.15, 0.2) is 5.16 Å². The monoisotopic (exact) mass is 437 g/mol. The summed E-state index contributed by atoms with van der Waals surface area (Å²) in [6, 6.07) is 15.3. The summed E-state index contributed by atoms with van der Waals surface area (Å²) in [7, 11) is 0. The zero-order chi connectivity index (χ0) is 22.2. The molecule has 1 aromatic heterocycles. The van der Waals surface area contributed by atoms with Crippen molar-refractivity contribution in [1.29, 1.82) is 0 Å². The van der Waals surface area contributed by atoms with E-state index in [1.807, 2.05) is 73.9 Å². The van der Waals surface area contributed by atoms with Crippen molar-refractivity contribution < 1.29 is 9.59 Å². The maximum absolute atomic E-state index is 12.4. The molecule has 0 aliphatic heterocycles. The van der Waals surface area contributed by atoms with Crippen molar-refractivity contribution >= 4 is 35.0 Å². The second kappa shape index (κ2) is 10.8. The van der Waals surface area contributed by atoms with Crippen LogP contribution in [0.4, 0.5) is 11.4 Å². The van der Waals surface area contributed by atoms with E-state index >= 15 is 0 Å². The van der Waals surface area contributed by atoms with Gasteiger partial charge >= 0.3 is 0 Å². The van der Waals surface area contributed by atoms with Gasteiger partial charge in [-0.3, -0.25) is 9.59 Å². The minimum atomic E-state index is -0.101. The molecule has 0 saturated carbocycles. The number of aromatic nitrogens is 3. The molecular weight excluding hydrogens is 410 g/mol. The van der Waals surface area contributed by atoms with Gasteiger partial charge in [-0.25, -0.2) is 0 Å². The summed E-state index contributed by atoms with van der Waals surface area (Å²) in [6.07, 6.45) is 0.791. The van der Waals surface area contributed by atoms with Crippen LogP contribution in [-0.2, 0) is 22.6 Å². The molecule has 0 atom stereocenters. The second-order valence-electron chi connectivity index (χ2n) is 7.21. The first-order chi connectivity index (χ1) is 15.0. The van der Waals surface area contributed by atoms with E-state index in [1.165, 1.54) is 11.8 Å². The quantitative estimate of drug-likeness (QED) is 0.490. The number of amides is 2. The molecule has 2 aromatic carbocycles. The number of hydrogen-bond acceptors (Lipinski definition) is 5. The van der Waals surface area contributed by atoms with E-state index in [-0.39, 0.29) is 17.6 Å². The van der Waals surface area contributed by atoms with Crippen LogP contribution >= 0.6 is 11.8 Å². The van der Waals surface area contributed by atoms with Crippen molar-refractivity contribution in [1.82, 2.24) is 14.8 Å². The fourth-order valence-corrected chi connectivity index (χ4v) is 3.91. The average molecular weight is 438 g/mol. The third-order valence-electron chi connectivity index (χ3n) is 4.74. The third-order valence-corrected chi connectivity index (χ3v) is 5.71. The molecule has 0 bridgehead atoms. The Hall–Kier alpha value is -3.13. The lowest BCUT2D eigenvalue weighted by atomic mass is 10.1. The van der Waals surface area contributed by atoms with Gasteiger partial charge in [0.05, 0.1) is 5.75 Å². The molecule has 0 radical (unpaired) electrons. The predicted molar refractivity (Wildman–Crippen MR) is 124 cm³/mol. The Bertz CT molecular complexity index is 1050. The van der Waals surface area contributed by atoms with Crippen molar-refractivity contribution in [2.45, 2.75) is 45.3 Å². The van der Waals surface area contributed by atoms with Gasteiger partial charge < -0.3 is 15.2 Å². The number of rotatable bonds is 9. The van der Waals surface area contributed by atoms with Crippen molar-refractivity contribution in [2.75, 3.05) is 16.4 Å². The zero-order valence-electron chi connectivity index (χ0n) is 18.0. The molecule has 0 saturated heterocycles. The molecule has 162 valence electrons. The number of carbonyl (C=O) groups excluding carboxylic acids is 2. The van der Waals surface area contributed by atoms with E-state index in [1.54, 1.807) is 0 Å². The van der Waals surface area contributed by atoms with Gasteiger partial charge in [-0.1, -0.05) is 42.1 Å². The molecule has 2 N–H and O–H groups in total. The molecule has 0 aliphatic carbocycles. The van der Waals surface area contributed by atoms with Crippen LogP contribution in [0.1, 0.15) is 30.3 Å². The van der Waals surface area contributed by atoms with E-state index in [4.69, 9.17) is 0 Å². The smallest absolute Gasteiger partial charge is 0.234 e. The minimum Gasteiger partial charge on any atom is -0.326 e. The Morgan fingerprint density at radius 1 is 1.00 bits per heavy atom. The van der Waals surface area contributed by atoms with Gasteiger partial charge in [0.1, 0.15) is 5.82 Å². The molecule has 0 spiro atoms. The molecule has 8 heteroatoms.